The van der Waals surface area contributed by atoms with E-state index in [1.165, 1.54) is 11.8 Å². The Morgan fingerprint density at radius 2 is 1.96 bits per heavy atom. The molecule has 0 spiro atoms. The fourth-order valence-electron chi connectivity index (χ4n) is 2.17. The van der Waals surface area contributed by atoms with Crippen LogP contribution in [0.4, 0.5) is 5.69 Å². The van der Waals surface area contributed by atoms with Crippen LogP contribution in [0.5, 0.6) is 0 Å². The van der Waals surface area contributed by atoms with Gasteiger partial charge in [0.05, 0.1) is 22.8 Å². The van der Waals surface area contributed by atoms with E-state index in [1.807, 2.05) is 45.0 Å². The van der Waals surface area contributed by atoms with Gasteiger partial charge in [0.25, 0.3) is 5.91 Å². The Hall–Kier alpha value is -2.28. The SMILES string of the molecule is Cc1ccccc1SCC(=O)OCC(=O)Nc1c(C)nn(C)c1C. The number of benzene rings is 1. The zero-order valence-electron chi connectivity index (χ0n) is 14.3. The van der Waals surface area contributed by atoms with Gasteiger partial charge in [0.15, 0.2) is 6.61 Å². The highest BCUT2D eigenvalue weighted by atomic mass is 32.2. The lowest BCUT2D eigenvalue weighted by Gasteiger charge is -2.08. The van der Waals surface area contributed by atoms with Crippen molar-refractivity contribution in [2.45, 2.75) is 25.7 Å². The summed E-state index contributed by atoms with van der Waals surface area (Å²) in [5, 5.41) is 6.95. The Morgan fingerprint density at radius 3 is 2.58 bits per heavy atom. The number of carbonyl (C=O) groups excluding carboxylic acids is 2. The van der Waals surface area contributed by atoms with E-state index in [4.69, 9.17) is 4.74 Å². The Balaban J connectivity index is 1.79. The van der Waals surface area contributed by atoms with Gasteiger partial charge >= 0.3 is 5.97 Å². The normalized spacial score (nSPS) is 10.5. The van der Waals surface area contributed by atoms with Crippen LogP contribution < -0.4 is 5.32 Å². The number of nitrogens with zero attached hydrogens (tertiary/aromatic N) is 2. The molecule has 0 aliphatic carbocycles. The number of amides is 1. The van der Waals surface area contributed by atoms with E-state index in [2.05, 4.69) is 10.4 Å². The number of anilines is 1. The highest BCUT2D eigenvalue weighted by molar-refractivity contribution is 8.00. The molecule has 128 valence electrons. The Kier molecular flexibility index (Phi) is 6.03. The lowest BCUT2D eigenvalue weighted by Crippen LogP contribution is -2.22. The molecule has 1 aromatic carbocycles. The van der Waals surface area contributed by atoms with Crippen molar-refractivity contribution in [2.24, 2.45) is 7.05 Å². The number of nitrogens with one attached hydrogen (secondary N) is 1. The van der Waals surface area contributed by atoms with Gasteiger partial charge in [-0.05, 0) is 32.4 Å². The first-order chi connectivity index (χ1) is 11.4. The van der Waals surface area contributed by atoms with Gasteiger partial charge in [0.2, 0.25) is 0 Å². The lowest BCUT2D eigenvalue weighted by molar-refractivity contribution is -0.144. The maximum atomic E-state index is 11.9. The predicted octanol–water partition coefficient (Wildman–Crippen LogP) is 2.62. The molecule has 0 unspecified atom stereocenters. The van der Waals surface area contributed by atoms with Gasteiger partial charge in [-0.25, -0.2) is 0 Å². The summed E-state index contributed by atoms with van der Waals surface area (Å²) in [6.07, 6.45) is 0. The summed E-state index contributed by atoms with van der Waals surface area (Å²) in [4.78, 5) is 24.7. The smallest absolute Gasteiger partial charge is 0.316 e. The van der Waals surface area contributed by atoms with Gasteiger partial charge in [-0.1, -0.05) is 18.2 Å². The van der Waals surface area contributed by atoms with Gasteiger partial charge in [0, 0.05) is 11.9 Å². The minimum absolute atomic E-state index is 0.170. The van der Waals surface area contributed by atoms with E-state index in [9.17, 15) is 9.59 Å². The maximum Gasteiger partial charge on any atom is 0.316 e. The highest BCUT2D eigenvalue weighted by Crippen LogP contribution is 2.22. The van der Waals surface area contributed by atoms with Crippen LogP contribution in [0.15, 0.2) is 29.2 Å². The van der Waals surface area contributed by atoms with Crippen molar-refractivity contribution in [3.05, 3.63) is 41.2 Å². The van der Waals surface area contributed by atoms with Crippen molar-refractivity contribution in [3.8, 4) is 0 Å². The summed E-state index contributed by atoms with van der Waals surface area (Å²) < 4.78 is 6.72. The van der Waals surface area contributed by atoms with Crippen LogP contribution in [0, 0.1) is 20.8 Å². The molecule has 0 aliphatic rings. The summed E-state index contributed by atoms with van der Waals surface area (Å²) >= 11 is 1.40. The van der Waals surface area contributed by atoms with Crippen LogP contribution in [0.1, 0.15) is 17.0 Å². The summed E-state index contributed by atoms with van der Waals surface area (Å²) in [5.74, 6) is -0.621. The monoisotopic (exact) mass is 347 g/mol. The molecular weight excluding hydrogens is 326 g/mol. The molecule has 2 rings (SSSR count). The third-order valence-electron chi connectivity index (χ3n) is 3.58. The van der Waals surface area contributed by atoms with Crippen LogP contribution in [0.3, 0.4) is 0 Å². The van der Waals surface area contributed by atoms with Crippen molar-refractivity contribution in [1.82, 2.24) is 9.78 Å². The molecule has 0 atom stereocenters. The first kappa shape index (κ1) is 18.1. The zero-order chi connectivity index (χ0) is 17.7. The second-order valence-corrected chi connectivity index (χ2v) is 6.45. The molecule has 0 radical (unpaired) electrons. The van der Waals surface area contributed by atoms with Crippen molar-refractivity contribution < 1.29 is 14.3 Å². The molecule has 0 aliphatic heterocycles. The van der Waals surface area contributed by atoms with Crippen molar-refractivity contribution in [1.29, 1.82) is 0 Å². The maximum absolute atomic E-state index is 11.9. The molecular formula is C17H21N3O3S. The van der Waals surface area contributed by atoms with Gasteiger partial charge < -0.3 is 10.1 Å². The van der Waals surface area contributed by atoms with Gasteiger partial charge in [-0.3, -0.25) is 14.3 Å². The van der Waals surface area contributed by atoms with Crippen LogP contribution in [-0.4, -0.2) is 34.0 Å². The average Bonchev–Trinajstić information content (AvgIpc) is 2.78. The minimum atomic E-state index is -0.418. The Bertz CT molecular complexity index is 756. The predicted molar refractivity (Wildman–Crippen MR) is 94.2 cm³/mol. The molecule has 0 fully saturated rings. The van der Waals surface area contributed by atoms with E-state index >= 15 is 0 Å². The number of aromatic nitrogens is 2. The molecule has 0 saturated heterocycles. The molecule has 1 aromatic heterocycles. The Labute approximate surface area is 145 Å². The number of hydrogen-bond donors (Lipinski definition) is 1. The highest BCUT2D eigenvalue weighted by Gasteiger charge is 2.14. The van der Waals surface area contributed by atoms with Crippen LogP contribution in [-0.2, 0) is 21.4 Å². The third-order valence-corrected chi connectivity index (χ3v) is 4.73. The number of carbonyl (C=O) groups is 2. The summed E-state index contributed by atoms with van der Waals surface area (Å²) in [6, 6.07) is 7.81. The van der Waals surface area contributed by atoms with Crippen molar-refractivity contribution in [2.75, 3.05) is 17.7 Å². The first-order valence-corrected chi connectivity index (χ1v) is 8.51. The molecule has 1 amide bonds. The van der Waals surface area contributed by atoms with E-state index < -0.39 is 5.97 Å². The molecule has 1 heterocycles. The minimum Gasteiger partial charge on any atom is -0.455 e. The van der Waals surface area contributed by atoms with Crippen LogP contribution in [0.2, 0.25) is 0 Å². The third kappa shape index (κ3) is 4.61. The number of ether oxygens (including phenoxy) is 1. The topological polar surface area (TPSA) is 73.2 Å². The Morgan fingerprint density at radius 1 is 1.25 bits per heavy atom. The second kappa shape index (κ2) is 8.01. The summed E-state index contributed by atoms with van der Waals surface area (Å²) in [6.45, 7) is 5.36. The lowest BCUT2D eigenvalue weighted by atomic mass is 10.2. The van der Waals surface area contributed by atoms with Crippen molar-refractivity contribution in [3.63, 3.8) is 0 Å². The van der Waals surface area contributed by atoms with Crippen LogP contribution >= 0.6 is 11.8 Å². The molecule has 24 heavy (non-hydrogen) atoms. The number of thioether (sulfide) groups is 1. The van der Waals surface area contributed by atoms with Gasteiger partial charge in [0.1, 0.15) is 0 Å². The fourth-order valence-corrected chi connectivity index (χ4v) is 3.00. The van der Waals surface area contributed by atoms with E-state index in [0.29, 0.717) is 5.69 Å². The first-order valence-electron chi connectivity index (χ1n) is 7.52. The van der Waals surface area contributed by atoms with Gasteiger partial charge in [-0.2, -0.15) is 5.10 Å². The number of hydrogen-bond acceptors (Lipinski definition) is 5. The average molecular weight is 347 g/mol. The molecule has 0 saturated carbocycles. The number of aryl methyl sites for hydroxylation is 3. The van der Waals surface area contributed by atoms with E-state index in [0.717, 1.165) is 21.8 Å². The summed E-state index contributed by atoms with van der Waals surface area (Å²) in [5.41, 5.74) is 3.34. The van der Waals surface area contributed by atoms with Gasteiger partial charge in [-0.15, -0.1) is 11.8 Å². The summed E-state index contributed by atoms with van der Waals surface area (Å²) in [7, 11) is 1.81. The fraction of sp³-hybridized carbons (Fsp3) is 0.353. The quantitative estimate of drug-likeness (QED) is 0.642. The molecule has 0 bridgehead atoms. The number of esters is 1. The zero-order valence-corrected chi connectivity index (χ0v) is 15.1. The van der Waals surface area contributed by atoms with E-state index in [1.54, 1.807) is 11.7 Å². The largest absolute Gasteiger partial charge is 0.455 e. The standard InChI is InChI=1S/C17H21N3O3S/c1-11-7-5-6-8-14(11)24-10-16(22)23-9-15(21)18-17-12(2)19-20(4)13(17)3/h5-8H,9-10H2,1-4H3,(H,18,21). The van der Waals surface area contributed by atoms with E-state index in [-0.39, 0.29) is 18.3 Å². The molecule has 2 aromatic rings. The van der Waals surface area contributed by atoms with Crippen molar-refractivity contribution >= 4 is 29.3 Å². The molecule has 1 N–H and O–H groups in total. The van der Waals surface area contributed by atoms with Crippen LogP contribution in [0.25, 0.3) is 0 Å². The number of rotatable bonds is 6. The molecule has 6 nitrogen and oxygen atoms in total. The molecule has 7 heteroatoms. The second-order valence-electron chi connectivity index (χ2n) is 5.43.